The van der Waals surface area contributed by atoms with Gasteiger partial charge in [-0.3, -0.25) is 4.90 Å². The molecule has 0 amide bonds. The van der Waals surface area contributed by atoms with E-state index in [2.05, 4.69) is 52.3 Å². The van der Waals surface area contributed by atoms with E-state index >= 15 is 0 Å². The van der Waals surface area contributed by atoms with Crippen LogP contribution in [0.4, 0.5) is 0 Å². The molecule has 120 valence electrons. The molecule has 0 unspecified atom stereocenters. The number of hydrogen-bond donors (Lipinski definition) is 0. The molecule has 5 heteroatoms. The van der Waals surface area contributed by atoms with Crippen LogP contribution in [0.1, 0.15) is 33.2 Å². The molecule has 4 nitrogen and oxygen atoms in total. The van der Waals surface area contributed by atoms with Gasteiger partial charge < -0.3 is 4.52 Å². The molecule has 0 aliphatic rings. The first-order valence-electron chi connectivity index (χ1n) is 7.70. The largest absolute Gasteiger partial charge is 0.361 e. The molecule has 0 aliphatic carbocycles. The predicted molar refractivity (Wildman–Crippen MR) is 92.2 cm³/mol. The number of rotatable bonds is 6. The average molecular weight is 327 g/mol. The maximum Gasteiger partial charge on any atom is 0.138 e. The average Bonchev–Trinajstić information content (AvgIpc) is 3.09. The fourth-order valence-corrected chi connectivity index (χ4v) is 3.46. The summed E-state index contributed by atoms with van der Waals surface area (Å²) in [6.07, 6.45) is 0. The van der Waals surface area contributed by atoms with E-state index in [9.17, 15) is 0 Å². The van der Waals surface area contributed by atoms with Crippen molar-refractivity contribution in [3.8, 4) is 0 Å². The Bertz CT molecular complexity index is 744. The second kappa shape index (κ2) is 7.06. The Morgan fingerprint density at radius 3 is 2.39 bits per heavy atom. The number of aromatic nitrogens is 2. The third-order valence-electron chi connectivity index (χ3n) is 4.02. The van der Waals surface area contributed by atoms with Crippen molar-refractivity contribution in [3.05, 3.63) is 69.0 Å². The van der Waals surface area contributed by atoms with Crippen LogP contribution < -0.4 is 0 Å². The van der Waals surface area contributed by atoms with Crippen molar-refractivity contribution in [2.24, 2.45) is 0 Å². The first-order valence-corrected chi connectivity index (χ1v) is 8.58. The van der Waals surface area contributed by atoms with Gasteiger partial charge in [-0.25, -0.2) is 4.98 Å². The summed E-state index contributed by atoms with van der Waals surface area (Å²) in [7, 11) is 0. The van der Waals surface area contributed by atoms with E-state index in [-0.39, 0.29) is 0 Å². The van der Waals surface area contributed by atoms with Crippen molar-refractivity contribution in [2.75, 3.05) is 0 Å². The maximum absolute atomic E-state index is 5.32. The topological polar surface area (TPSA) is 42.2 Å². The molecule has 0 bridgehead atoms. The lowest BCUT2D eigenvalue weighted by Crippen LogP contribution is -2.23. The van der Waals surface area contributed by atoms with Crippen molar-refractivity contribution in [1.82, 2.24) is 15.0 Å². The molecular formula is C18H21N3OS. The summed E-state index contributed by atoms with van der Waals surface area (Å²) in [6.45, 7) is 8.66. The van der Waals surface area contributed by atoms with Crippen LogP contribution in [0.2, 0.25) is 0 Å². The maximum atomic E-state index is 5.32. The lowest BCUT2D eigenvalue weighted by molar-refractivity contribution is 0.247. The van der Waals surface area contributed by atoms with E-state index in [1.165, 1.54) is 16.0 Å². The third kappa shape index (κ3) is 3.86. The van der Waals surface area contributed by atoms with Crippen LogP contribution in [0.3, 0.4) is 0 Å². The molecule has 0 saturated carbocycles. The Morgan fingerprint density at radius 2 is 1.78 bits per heavy atom. The van der Waals surface area contributed by atoms with E-state index in [0.29, 0.717) is 0 Å². The van der Waals surface area contributed by atoms with Crippen molar-refractivity contribution in [1.29, 1.82) is 0 Å². The van der Waals surface area contributed by atoms with Crippen LogP contribution >= 0.6 is 11.3 Å². The fourth-order valence-electron chi connectivity index (χ4n) is 2.64. The minimum atomic E-state index is 0.827. The number of aryl methyl sites for hydroxylation is 3. The quantitative estimate of drug-likeness (QED) is 0.678. The molecule has 1 aromatic carbocycles. The van der Waals surface area contributed by atoms with Gasteiger partial charge in [-0.1, -0.05) is 35.5 Å². The van der Waals surface area contributed by atoms with Gasteiger partial charge in [-0.2, -0.15) is 0 Å². The highest BCUT2D eigenvalue weighted by Crippen LogP contribution is 2.21. The molecule has 0 N–H and O–H groups in total. The molecule has 0 spiro atoms. The van der Waals surface area contributed by atoms with E-state index in [1.807, 2.05) is 19.4 Å². The van der Waals surface area contributed by atoms with Crippen LogP contribution in [-0.4, -0.2) is 15.0 Å². The second-order valence-corrected chi connectivity index (χ2v) is 6.73. The smallest absolute Gasteiger partial charge is 0.138 e. The highest BCUT2D eigenvalue weighted by Gasteiger charge is 2.16. The van der Waals surface area contributed by atoms with Gasteiger partial charge in [-0.05, 0) is 26.3 Å². The van der Waals surface area contributed by atoms with Crippen molar-refractivity contribution >= 4 is 11.3 Å². The highest BCUT2D eigenvalue weighted by molar-refractivity contribution is 7.09. The van der Waals surface area contributed by atoms with Gasteiger partial charge in [-0.15, -0.1) is 11.3 Å². The normalized spacial score (nSPS) is 11.3. The van der Waals surface area contributed by atoms with Gasteiger partial charge in [0.15, 0.2) is 0 Å². The summed E-state index contributed by atoms with van der Waals surface area (Å²) in [5.74, 6) is 0.904. The molecule has 0 fully saturated rings. The Morgan fingerprint density at radius 1 is 1.00 bits per heavy atom. The van der Waals surface area contributed by atoms with Crippen LogP contribution in [0, 0.1) is 20.8 Å². The van der Waals surface area contributed by atoms with E-state index in [1.54, 1.807) is 11.3 Å². The van der Waals surface area contributed by atoms with Crippen LogP contribution in [0.25, 0.3) is 0 Å². The Labute approximate surface area is 140 Å². The van der Waals surface area contributed by atoms with Crippen LogP contribution in [0.5, 0.6) is 0 Å². The van der Waals surface area contributed by atoms with Gasteiger partial charge in [0.1, 0.15) is 5.76 Å². The molecular weight excluding hydrogens is 306 g/mol. The van der Waals surface area contributed by atoms with Gasteiger partial charge >= 0.3 is 0 Å². The molecule has 3 aromatic rings. The molecule has 0 atom stereocenters. The van der Waals surface area contributed by atoms with Gasteiger partial charge in [0.25, 0.3) is 0 Å². The van der Waals surface area contributed by atoms with Crippen molar-refractivity contribution in [2.45, 2.75) is 40.4 Å². The molecule has 2 aromatic heterocycles. The second-order valence-electron chi connectivity index (χ2n) is 5.79. The van der Waals surface area contributed by atoms with Crippen LogP contribution in [-0.2, 0) is 19.6 Å². The van der Waals surface area contributed by atoms with Crippen LogP contribution in [0.15, 0.2) is 40.4 Å². The van der Waals surface area contributed by atoms with Crippen molar-refractivity contribution in [3.63, 3.8) is 0 Å². The Kier molecular flexibility index (Phi) is 4.88. The summed E-state index contributed by atoms with van der Waals surface area (Å²) >= 11 is 1.72. The molecule has 0 aliphatic heterocycles. The lowest BCUT2D eigenvalue weighted by Gasteiger charge is -2.22. The first kappa shape index (κ1) is 15.9. The zero-order valence-corrected chi connectivity index (χ0v) is 14.6. The number of nitrogens with zero attached hydrogens (tertiary/aromatic N) is 3. The molecule has 3 rings (SSSR count). The molecule has 23 heavy (non-hydrogen) atoms. The number of benzene rings is 1. The minimum absolute atomic E-state index is 0.827. The van der Waals surface area contributed by atoms with Crippen molar-refractivity contribution < 1.29 is 4.52 Å². The monoisotopic (exact) mass is 327 g/mol. The van der Waals surface area contributed by atoms with Gasteiger partial charge in [0.2, 0.25) is 0 Å². The zero-order chi connectivity index (χ0) is 16.2. The van der Waals surface area contributed by atoms with E-state index < -0.39 is 0 Å². The predicted octanol–water partition coefficient (Wildman–Crippen LogP) is 4.26. The minimum Gasteiger partial charge on any atom is -0.361 e. The summed E-state index contributed by atoms with van der Waals surface area (Å²) in [4.78, 5) is 8.10. The Hall–Kier alpha value is -1.98. The number of hydrogen-bond acceptors (Lipinski definition) is 5. The first-order chi connectivity index (χ1) is 11.1. The zero-order valence-electron chi connectivity index (χ0n) is 13.7. The SMILES string of the molecule is Cc1ncsc1CN(Cc1ccccc1)Cc1c(C)noc1C. The van der Waals surface area contributed by atoms with Gasteiger partial charge in [0, 0.05) is 30.1 Å². The lowest BCUT2D eigenvalue weighted by atomic mass is 10.1. The molecule has 0 saturated heterocycles. The highest BCUT2D eigenvalue weighted by atomic mass is 32.1. The van der Waals surface area contributed by atoms with Gasteiger partial charge in [0.05, 0.1) is 16.9 Å². The Balaban J connectivity index is 1.82. The van der Waals surface area contributed by atoms with E-state index in [0.717, 1.165) is 36.8 Å². The summed E-state index contributed by atoms with van der Waals surface area (Å²) < 4.78 is 5.32. The van der Waals surface area contributed by atoms with E-state index in [4.69, 9.17) is 4.52 Å². The molecule has 0 radical (unpaired) electrons. The number of thiazole rings is 1. The fraction of sp³-hybridized carbons (Fsp3) is 0.333. The molecule has 2 heterocycles. The summed E-state index contributed by atoms with van der Waals surface area (Å²) in [5.41, 5.74) is 6.50. The third-order valence-corrected chi connectivity index (χ3v) is 4.94. The summed E-state index contributed by atoms with van der Waals surface area (Å²) in [6, 6.07) is 10.6. The summed E-state index contributed by atoms with van der Waals surface area (Å²) in [5, 5.41) is 4.08. The standard InChI is InChI=1S/C18H21N3OS/c1-13-17(15(3)22-20-13)10-21(9-16-7-5-4-6-8-16)11-18-14(2)19-12-23-18/h4-8,12H,9-11H2,1-3H3.